The molecule has 1 heterocycles. The molecule has 0 aromatic rings. The normalized spacial score (nSPS) is 19.3. The van der Waals surface area contributed by atoms with E-state index in [2.05, 4.69) is 5.32 Å². The first-order valence-corrected chi connectivity index (χ1v) is 7.29. The molecule has 0 aromatic heterocycles. The van der Waals surface area contributed by atoms with Crippen LogP contribution in [0.1, 0.15) is 33.1 Å². The topological polar surface area (TPSA) is 86.7 Å². The molecule has 6 nitrogen and oxygen atoms in total. The fourth-order valence-electron chi connectivity index (χ4n) is 2.41. The molecule has 132 valence electrons. The summed E-state index contributed by atoms with van der Waals surface area (Å²) in [4.78, 5) is 35.9. The number of carbonyl (C=O) groups excluding carboxylic acids is 2. The van der Waals surface area contributed by atoms with Gasteiger partial charge in [0.15, 0.2) is 0 Å². The van der Waals surface area contributed by atoms with Crippen LogP contribution in [0.2, 0.25) is 0 Å². The molecule has 2 N–H and O–H groups in total. The maximum Gasteiger partial charge on any atom is 0.397 e. The SMILES string of the molecule is CC(C)(C(=O)O)C(=O)N1CCCC(CNC(=O)CC(F)(F)F)C1. The summed E-state index contributed by atoms with van der Waals surface area (Å²) < 4.78 is 36.2. The van der Waals surface area contributed by atoms with Gasteiger partial charge in [-0.15, -0.1) is 0 Å². The van der Waals surface area contributed by atoms with Crippen LogP contribution in [-0.2, 0) is 14.4 Å². The average Bonchev–Trinajstić information content (AvgIpc) is 2.42. The monoisotopic (exact) mass is 338 g/mol. The van der Waals surface area contributed by atoms with Gasteiger partial charge in [0, 0.05) is 19.6 Å². The Bertz CT molecular complexity index is 477. The minimum Gasteiger partial charge on any atom is -0.480 e. The van der Waals surface area contributed by atoms with Crippen LogP contribution in [0.5, 0.6) is 0 Å². The molecule has 1 rings (SSSR count). The molecule has 1 atom stereocenters. The number of hydrogen-bond acceptors (Lipinski definition) is 3. The van der Waals surface area contributed by atoms with Gasteiger partial charge in [-0.05, 0) is 32.6 Å². The number of alkyl halides is 3. The molecule has 0 bridgehead atoms. The Kier molecular flexibility index (Phi) is 6.01. The van der Waals surface area contributed by atoms with Crippen LogP contribution >= 0.6 is 0 Å². The maximum atomic E-state index is 12.2. The Morgan fingerprint density at radius 3 is 2.39 bits per heavy atom. The molecule has 1 fully saturated rings. The number of amides is 2. The first-order valence-electron chi connectivity index (χ1n) is 7.29. The van der Waals surface area contributed by atoms with E-state index in [0.717, 1.165) is 0 Å². The molecule has 0 saturated carbocycles. The highest BCUT2D eigenvalue weighted by Crippen LogP contribution is 2.24. The molecule has 1 aliphatic rings. The lowest BCUT2D eigenvalue weighted by atomic mass is 9.89. The van der Waals surface area contributed by atoms with Gasteiger partial charge in [0.25, 0.3) is 0 Å². The number of carboxylic acids is 1. The Labute approximate surface area is 132 Å². The number of rotatable bonds is 5. The minimum absolute atomic E-state index is 0.0339. The highest BCUT2D eigenvalue weighted by atomic mass is 19.4. The average molecular weight is 338 g/mol. The molecular weight excluding hydrogens is 317 g/mol. The van der Waals surface area contributed by atoms with Gasteiger partial charge in [0.2, 0.25) is 11.8 Å². The summed E-state index contributed by atoms with van der Waals surface area (Å²) >= 11 is 0. The summed E-state index contributed by atoms with van der Waals surface area (Å²) in [6.45, 7) is 3.29. The third-order valence-electron chi connectivity index (χ3n) is 3.82. The third-order valence-corrected chi connectivity index (χ3v) is 3.82. The second-order valence-electron chi connectivity index (χ2n) is 6.29. The first kappa shape index (κ1) is 19.2. The Balaban J connectivity index is 2.54. The lowest BCUT2D eigenvalue weighted by Crippen LogP contribution is -2.50. The summed E-state index contributed by atoms with van der Waals surface area (Å²) in [5.74, 6) is -3.05. The summed E-state index contributed by atoms with van der Waals surface area (Å²) in [6, 6.07) is 0. The largest absolute Gasteiger partial charge is 0.480 e. The summed E-state index contributed by atoms with van der Waals surface area (Å²) in [5, 5.41) is 11.3. The molecule has 0 aliphatic carbocycles. The van der Waals surface area contributed by atoms with Crippen molar-refractivity contribution >= 4 is 17.8 Å². The van der Waals surface area contributed by atoms with E-state index in [1.807, 2.05) is 0 Å². The zero-order chi connectivity index (χ0) is 17.8. The highest BCUT2D eigenvalue weighted by molar-refractivity contribution is 6.01. The van der Waals surface area contributed by atoms with Crippen LogP contribution in [-0.4, -0.2) is 53.6 Å². The van der Waals surface area contributed by atoms with E-state index < -0.39 is 35.8 Å². The second-order valence-corrected chi connectivity index (χ2v) is 6.29. The third kappa shape index (κ3) is 5.72. The summed E-state index contributed by atoms with van der Waals surface area (Å²) in [6.07, 6.45) is -4.82. The second kappa shape index (κ2) is 7.18. The van der Waals surface area contributed by atoms with Crippen LogP contribution in [0.4, 0.5) is 13.2 Å². The lowest BCUT2D eigenvalue weighted by molar-refractivity contribution is -0.159. The van der Waals surface area contributed by atoms with Gasteiger partial charge in [0.1, 0.15) is 11.8 Å². The summed E-state index contributed by atoms with van der Waals surface area (Å²) in [5.41, 5.74) is -1.55. The molecule has 9 heteroatoms. The zero-order valence-corrected chi connectivity index (χ0v) is 13.1. The van der Waals surface area contributed by atoms with Crippen molar-refractivity contribution in [1.82, 2.24) is 10.2 Å². The Hall–Kier alpha value is -1.80. The number of nitrogens with zero attached hydrogens (tertiary/aromatic N) is 1. The number of hydrogen-bond donors (Lipinski definition) is 2. The summed E-state index contributed by atoms with van der Waals surface area (Å²) in [7, 11) is 0. The number of piperidine rings is 1. The molecule has 0 spiro atoms. The van der Waals surface area contributed by atoms with Gasteiger partial charge in [-0.25, -0.2) is 0 Å². The van der Waals surface area contributed by atoms with Crippen molar-refractivity contribution in [2.24, 2.45) is 11.3 Å². The predicted octanol–water partition coefficient (Wildman–Crippen LogP) is 1.40. The Morgan fingerprint density at radius 2 is 1.87 bits per heavy atom. The predicted molar refractivity (Wildman–Crippen MR) is 74.4 cm³/mol. The van der Waals surface area contributed by atoms with Crippen molar-refractivity contribution in [1.29, 1.82) is 0 Å². The van der Waals surface area contributed by atoms with Crippen molar-refractivity contribution in [3.63, 3.8) is 0 Å². The van der Waals surface area contributed by atoms with Crippen LogP contribution in [0.15, 0.2) is 0 Å². The number of likely N-dealkylation sites (tertiary alicyclic amines) is 1. The number of nitrogens with one attached hydrogen (secondary N) is 1. The molecule has 0 aromatic carbocycles. The van der Waals surface area contributed by atoms with E-state index in [9.17, 15) is 27.6 Å². The molecule has 2 amide bonds. The number of aliphatic carboxylic acids is 1. The van der Waals surface area contributed by atoms with Crippen LogP contribution in [0, 0.1) is 11.3 Å². The van der Waals surface area contributed by atoms with Crippen molar-refractivity contribution in [3.8, 4) is 0 Å². The van der Waals surface area contributed by atoms with Crippen molar-refractivity contribution in [3.05, 3.63) is 0 Å². The van der Waals surface area contributed by atoms with E-state index in [4.69, 9.17) is 5.11 Å². The molecule has 1 saturated heterocycles. The van der Waals surface area contributed by atoms with Crippen LogP contribution in [0.3, 0.4) is 0 Å². The molecule has 1 unspecified atom stereocenters. The van der Waals surface area contributed by atoms with E-state index in [1.54, 1.807) is 0 Å². The number of carboxylic acid groups (broad SMARTS) is 1. The quantitative estimate of drug-likeness (QED) is 0.742. The van der Waals surface area contributed by atoms with E-state index in [0.29, 0.717) is 19.4 Å². The van der Waals surface area contributed by atoms with E-state index in [-0.39, 0.29) is 19.0 Å². The molecule has 1 aliphatic heterocycles. The van der Waals surface area contributed by atoms with Gasteiger partial charge in [-0.2, -0.15) is 13.2 Å². The van der Waals surface area contributed by atoms with Crippen LogP contribution in [0.25, 0.3) is 0 Å². The molecule has 23 heavy (non-hydrogen) atoms. The smallest absolute Gasteiger partial charge is 0.397 e. The highest BCUT2D eigenvalue weighted by Gasteiger charge is 2.40. The maximum absolute atomic E-state index is 12.2. The first-order chi connectivity index (χ1) is 10.4. The molecule has 0 radical (unpaired) electrons. The molecular formula is C14H21F3N2O4. The van der Waals surface area contributed by atoms with E-state index in [1.165, 1.54) is 18.7 Å². The van der Waals surface area contributed by atoms with Crippen molar-refractivity contribution in [2.75, 3.05) is 19.6 Å². The fourth-order valence-corrected chi connectivity index (χ4v) is 2.41. The van der Waals surface area contributed by atoms with Gasteiger partial charge < -0.3 is 15.3 Å². The van der Waals surface area contributed by atoms with Gasteiger partial charge in [-0.3, -0.25) is 14.4 Å². The van der Waals surface area contributed by atoms with Gasteiger partial charge in [0.05, 0.1) is 0 Å². The lowest BCUT2D eigenvalue weighted by Gasteiger charge is -2.36. The Morgan fingerprint density at radius 1 is 1.26 bits per heavy atom. The zero-order valence-electron chi connectivity index (χ0n) is 13.1. The van der Waals surface area contributed by atoms with Crippen LogP contribution < -0.4 is 5.32 Å². The number of halogens is 3. The van der Waals surface area contributed by atoms with Crippen molar-refractivity contribution < 1.29 is 32.7 Å². The van der Waals surface area contributed by atoms with Gasteiger partial charge >= 0.3 is 12.1 Å². The van der Waals surface area contributed by atoms with Gasteiger partial charge in [-0.1, -0.05) is 0 Å². The number of carbonyl (C=O) groups is 3. The van der Waals surface area contributed by atoms with Crippen molar-refractivity contribution in [2.45, 2.75) is 39.3 Å². The van der Waals surface area contributed by atoms with E-state index >= 15 is 0 Å². The minimum atomic E-state index is -4.55. The standard InChI is InChI=1S/C14H21F3N2O4/c1-13(2,12(22)23)11(21)19-5-3-4-9(8-19)7-18-10(20)6-14(15,16)17/h9H,3-8H2,1-2H3,(H,18,20)(H,22,23). The fraction of sp³-hybridized carbons (Fsp3) is 0.786.